The van der Waals surface area contributed by atoms with Crippen LogP contribution in [-0.2, 0) is 6.61 Å². The van der Waals surface area contributed by atoms with Crippen LogP contribution < -0.4 is 20.9 Å². The van der Waals surface area contributed by atoms with Gasteiger partial charge in [0.1, 0.15) is 35.6 Å². The molecule has 0 atom stereocenters. The smallest absolute Gasteiger partial charge is 0.222 e. The number of methoxy groups -OCH3 is 1. The Labute approximate surface area is 150 Å². The van der Waals surface area contributed by atoms with Crippen molar-refractivity contribution in [1.82, 2.24) is 9.97 Å². The van der Waals surface area contributed by atoms with Crippen LogP contribution in [0.4, 0.5) is 11.8 Å². The highest BCUT2D eigenvalue weighted by Gasteiger charge is 2.15. The van der Waals surface area contributed by atoms with Crippen molar-refractivity contribution in [1.29, 1.82) is 5.26 Å². The van der Waals surface area contributed by atoms with Crippen molar-refractivity contribution in [3.8, 4) is 28.8 Å². The molecule has 0 amide bonds. The Kier molecular flexibility index (Phi) is 4.85. The maximum Gasteiger partial charge on any atom is 0.222 e. The molecule has 1 heterocycles. The first-order valence-corrected chi connectivity index (χ1v) is 7.80. The summed E-state index contributed by atoms with van der Waals surface area (Å²) >= 11 is 0. The fourth-order valence-corrected chi connectivity index (χ4v) is 2.53. The molecule has 1 aromatic heterocycles. The molecule has 0 aliphatic rings. The third kappa shape index (κ3) is 3.49. The highest BCUT2D eigenvalue weighted by Crippen LogP contribution is 2.30. The molecular weight excluding hydrogens is 330 g/mol. The molecule has 0 bridgehead atoms. The summed E-state index contributed by atoms with van der Waals surface area (Å²) in [6.07, 6.45) is 0. The van der Waals surface area contributed by atoms with E-state index in [1.165, 1.54) is 0 Å². The minimum Gasteiger partial charge on any atom is -0.496 e. The van der Waals surface area contributed by atoms with E-state index in [9.17, 15) is 5.26 Å². The van der Waals surface area contributed by atoms with Crippen molar-refractivity contribution in [2.75, 3.05) is 18.6 Å². The van der Waals surface area contributed by atoms with E-state index in [0.717, 1.165) is 11.3 Å². The van der Waals surface area contributed by atoms with E-state index in [1.54, 1.807) is 19.2 Å². The van der Waals surface area contributed by atoms with Gasteiger partial charge in [-0.2, -0.15) is 10.2 Å². The molecule has 0 spiro atoms. The summed E-state index contributed by atoms with van der Waals surface area (Å²) in [5.41, 5.74) is 13.5. The van der Waals surface area contributed by atoms with E-state index < -0.39 is 0 Å². The van der Waals surface area contributed by atoms with Crippen LogP contribution in [0.2, 0.25) is 0 Å². The minimum absolute atomic E-state index is 0.00871. The first-order valence-electron chi connectivity index (χ1n) is 7.80. The summed E-state index contributed by atoms with van der Waals surface area (Å²) in [5, 5.41) is 9.37. The van der Waals surface area contributed by atoms with Crippen LogP contribution in [0.5, 0.6) is 11.5 Å². The molecular formula is C19H17N5O2. The second-order valence-electron chi connectivity index (χ2n) is 5.43. The summed E-state index contributed by atoms with van der Waals surface area (Å²) in [6.45, 7) is 0.291. The molecule has 0 unspecified atom stereocenters. The van der Waals surface area contributed by atoms with Crippen molar-refractivity contribution in [2.45, 2.75) is 6.61 Å². The number of nitrogens with zero attached hydrogens (tertiary/aromatic N) is 3. The first kappa shape index (κ1) is 17.0. The SMILES string of the molecule is COc1ccc(-c2nc(N)nc(N)c2C#N)cc1COc1ccccc1. The van der Waals surface area contributed by atoms with Gasteiger partial charge in [-0.3, -0.25) is 0 Å². The highest BCUT2D eigenvalue weighted by atomic mass is 16.5. The molecule has 0 radical (unpaired) electrons. The number of aromatic nitrogens is 2. The number of hydrogen-bond acceptors (Lipinski definition) is 7. The predicted octanol–water partition coefficient (Wildman–Crippen LogP) is 2.77. The third-order valence-corrected chi connectivity index (χ3v) is 3.76. The monoisotopic (exact) mass is 347 g/mol. The van der Waals surface area contributed by atoms with Crippen LogP contribution in [0.1, 0.15) is 11.1 Å². The van der Waals surface area contributed by atoms with Crippen LogP contribution >= 0.6 is 0 Å². The summed E-state index contributed by atoms with van der Waals surface area (Å²) in [5.74, 6) is 1.47. The van der Waals surface area contributed by atoms with Gasteiger partial charge in [0.05, 0.1) is 12.8 Å². The largest absolute Gasteiger partial charge is 0.496 e. The van der Waals surface area contributed by atoms with Crippen LogP contribution in [-0.4, -0.2) is 17.1 Å². The molecule has 3 aromatic rings. The molecule has 3 rings (SSSR count). The Hall–Kier alpha value is -3.79. The van der Waals surface area contributed by atoms with Crippen LogP contribution in [0.15, 0.2) is 48.5 Å². The molecule has 26 heavy (non-hydrogen) atoms. The third-order valence-electron chi connectivity index (χ3n) is 3.76. The molecule has 4 N–H and O–H groups in total. The first-order chi connectivity index (χ1) is 12.6. The van der Waals surface area contributed by atoms with Crippen LogP contribution in [0, 0.1) is 11.3 Å². The van der Waals surface area contributed by atoms with E-state index in [-0.39, 0.29) is 17.3 Å². The number of anilines is 2. The van der Waals surface area contributed by atoms with Gasteiger partial charge in [0.25, 0.3) is 0 Å². The van der Waals surface area contributed by atoms with Gasteiger partial charge in [0, 0.05) is 11.1 Å². The number of hydrogen-bond donors (Lipinski definition) is 2. The van der Waals surface area contributed by atoms with Crippen molar-refractivity contribution in [2.24, 2.45) is 0 Å². The van der Waals surface area contributed by atoms with Crippen molar-refractivity contribution in [3.05, 3.63) is 59.7 Å². The minimum atomic E-state index is 0.00871. The van der Waals surface area contributed by atoms with E-state index >= 15 is 0 Å². The average molecular weight is 347 g/mol. The van der Waals surface area contributed by atoms with Gasteiger partial charge < -0.3 is 20.9 Å². The molecule has 0 aliphatic heterocycles. The zero-order valence-corrected chi connectivity index (χ0v) is 14.1. The summed E-state index contributed by atoms with van der Waals surface area (Å²) in [4.78, 5) is 8.01. The Balaban J connectivity index is 1.99. The van der Waals surface area contributed by atoms with E-state index in [0.29, 0.717) is 23.6 Å². The number of nitrogens with two attached hydrogens (primary N) is 2. The summed E-state index contributed by atoms with van der Waals surface area (Å²) < 4.78 is 11.2. The van der Waals surface area contributed by atoms with Gasteiger partial charge in [-0.05, 0) is 30.3 Å². The fourth-order valence-electron chi connectivity index (χ4n) is 2.53. The maximum absolute atomic E-state index is 9.37. The Bertz CT molecular complexity index is 968. The number of benzene rings is 2. The lowest BCUT2D eigenvalue weighted by Gasteiger charge is -2.13. The maximum atomic E-state index is 9.37. The van der Waals surface area contributed by atoms with Crippen LogP contribution in [0.3, 0.4) is 0 Å². The normalized spacial score (nSPS) is 10.2. The number of nitriles is 1. The molecule has 0 saturated carbocycles. The van der Waals surface area contributed by atoms with Gasteiger partial charge in [0.15, 0.2) is 0 Å². The molecule has 7 heteroatoms. The van der Waals surface area contributed by atoms with Gasteiger partial charge >= 0.3 is 0 Å². The summed E-state index contributed by atoms with van der Waals surface area (Å²) in [7, 11) is 1.59. The van der Waals surface area contributed by atoms with Gasteiger partial charge in [0.2, 0.25) is 5.95 Å². The lowest BCUT2D eigenvalue weighted by molar-refractivity contribution is 0.297. The molecule has 2 aromatic carbocycles. The van der Waals surface area contributed by atoms with E-state index in [1.807, 2.05) is 42.5 Å². The van der Waals surface area contributed by atoms with E-state index in [2.05, 4.69) is 9.97 Å². The number of rotatable bonds is 5. The van der Waals surface area contributed by atoms with E-state index in [4.69, 9.17) is 20.9 Å². The molecule has 0 saturated heterocycles. The number of para-hydroxylation sites is 1. The lowest BCUT2D eigenvalue weighted by atomic mass is 10.0. The number of ether oxygens (including phenoxy) is 2. The predicted molar refractivity (Wildman–Crippen MR) is 98.3 cm³/mol. The second-order valence-corrected chi connectivity index (χ2v) is 5.43. The average Bonchev–Trinajstić information content (AvgIpc) is 2.66. The fraction of sp³-hybridized carbons (Fsp3) is 0.105. The topological polar surface area (TPSA) is 120 Å². The van der Waals surface area contributed by atoms with Crippen molar-refractivity contribution in [3.63, 3.8) is 0 Å². The number of nitrogen functional groups attached to an aromatic ring is 2. The molecule has 0 fully saturated rings. The molecule has 130 valence electrons. The molecule has 0 aliphatic carbocycles. The quantitative estimate of drug-likeness (QED) is 0.728. The zero-order valence-electron chi connectivity index (χ0n) is 14.1. The van der Waals surface area contributed by atoms with Gasteiger partial charge in [-0.1, -0.05) is 18.2 Å². The van der Waals surface area contributed by atoms with Crippen LogP contribution in [0.25, 0.3) is 11.3 Å². The van der Waals surface area contributed by atoms with Gasteiger partial charge in [-0.15, -0.1) is 0 Å². The standard InChI is InChI=1S/C19H17N5O2/c1-25-16-8-7-12(17-15(10-20)18(21)24-19(22)23-17)9-13(16)11-26-14-5-3-2-4-6-14/h2-9H,11H2,1H3,(H4,21,22,23,24). The lowest BCUT2D eigenvalue weighted by Crippen LogP contribution is -2.05. The molecule has 7 nitrogen and oxygen atoms in total. The highest BCUT2D eigenvalue weighted by molar-refractivity contribution is 5.74. The Morgan fingerprint density at radius 3 is 2.54 bits per heavy atom. The Morgan fingerprint density at radius 2 is 1.85 bits per heavy atom. The van der Waals surface area contributed by atoms with Gasteiger partial charge in [-0.25, -0.2) is 4.98 Å². The van der Waals surface area contributed by atoms with Crippen molar-refractivity contribution >= 4 is 11.8 Å². The second kappa shape index (κ2) is 7.40. The zero-order chi connectivity index (χ0) is 18.5. The summed E-state index contributed by atoms with van der Waals surface area (Å²) in [6, 6.07) is 16.9. The van der Waals surface area contributed by atoms with Crippen molar-refractivity contribution < 1.29 is 9.47 Å². The Morgan fingerprint density at radius 1 is 1.08 bits per heavy atom.